The van der Waals surface area contributed by atoms with E-state index in [4.69, 9.17) is 0 Å². The highest BCUT2D eigenvalue weighted by atomic mass is 32.2. The number of rotatable bonds is 2. The number of pyridine rings is 1. The fourth-order valence-corrected chi connectivity index (χ4v) is 3.16. The zero-order valence-corrected chi connectivity index (χ0v) is 11.6. The van der Waals surface area contributed by atoms with Gasteiger partial charge in [0.1, 0.15) is 0 Å². The molecular weight excluding hydrogens is 256 g/mol. The highest BCUT2D eigenvalue weighted by molar-refractivity contribution is 8.00. The summed E-state index contributed by atoms with van der Waals surface area (Å²) in [5, 5.41) is 2.64. The summed E-state index contributed by atoms with van der Waals surface area (Å²) < 4.78 is 27.2. The average Bonchev–Trinajstić information content (AvgIpc) is 2.27. The minimum absolute atomic E-state index is 0.0561. The lowest BCUT2D eigenvalue weighted by molar-refractivity contribution is 0.561. The minimum Gasteiger partial charge on any atom is -0.371 e. The Kier molecular flexibility index (Phi) is 3.66. The van der Waals surface area contributed by atoms with Gasteiger partial charge >= 0.3 is 0 Å². The molecule has 2 rings (SSSR count). The molecule has 0 bridgehead atoms. The lowest BCUT2D eigenvalue weighted by Crippen LogP contribution is -2.44. The second-order valence-corrected chi connectivity index (χ2v) is 6.71. The number of hydrogen-bond donors (Lipinski definition) is 1. The van der Waals surface area contributed by atoms with E-state index in [1.165, 1.54) is 0 Å². The van der Waals surface area contributed by atoms with E-state index in [0.717, 1.165) is 18.4 Å². The first-order valence-electron chi connectivity index (χ1n) is 5.85. The SMILES string of the molecule is CNc1nc(N2CCSC(C)(C)C2)c(F)cc1F. The minimum atomic E-state index is -0.663. The first-order valence-corrected chi connectivity index (χ1v) is 6.84. The Morgan fingerprint density at radius 1 is 1.39 bits per heavy atom. The molecule has 0 spiro atoms. The molecule has 0 unspecified atom stereocenters. The second kappa shape index (κ2) is 4.91. The molecule has 1 aliphatic heterocycles. The highest BCUT2D eigenvalue weighted by Gasteiger charge is 2.29. The summed E-state index contributed by atoms with van der Waals surface area (Å²) >= 11 is 1.86. The molecular formula is C12H17F2N3S. The fourth-order valence-electron chi connectivity index (χ4n) is 2.05. The summed E-state index contributed by atoms with van der Waals surface area (Å²) in [6.45, 7) is 5.66. The molecule has 2 heterocycles. The van der Waals surface area contributed by atoms with E-state index in [1.54, 1.807) is 7.05 Å². The standard InChI is InChI=1S/C12H17F2N3S/c1-12(2)7-17(4-5-18-12)11-9(14)6-8(13)10(15-3)16-11/h6H,4-5,7H2,1-3H3,(H,15,16). The summed E-state index contributed by atoms with van der Waals surface area (Å²) in [5.41, 5.74) is 0. The van der Waals surface area contributed by atoms with Crippen LogP contribution in [0.2, 0.25) is 0 Å². The molecule has 0 amide bonds. The number of hydrogen-bond acceptors (Lipinski definition) is 4. The first kappa shape index (κ1) is 13.4. The lowest BCUT2D eigenvalue weighted by atomic mass is 10.2. The van der Waals surface area contributed by atoms with Gasteiger partial charge < -0.3 is 10.2 Å². The third-order valence-electron chi connectivity index (χ3n) is 2.87. The molecule has 1 aromatic rings. The Hall–Kier alpha value is -1.04. The summed E-state index contributed by atoms with van der Waals surface area (Å²) in [5.74, 6) is -0.0319. The van der Waals surface area contributed by atoms with Gasteiger partial charge in [0.2, 0.25) is 0 Å². The van der Waals surface area contributed by atoms with Crippen molar-refractivity contribution in [2.45, 2.75) is 18.6 Å². The van der Waals surface area contributed by atoms with Gasteiger partial charge in [0.05, 0.1) is 0 Å². The number of thioether (sulfide) groups is 1. The molecule has 3 nitrogen and oxygen atoms in total. The van der Waals surface area contributed by atoms with Gasteiger partial charge in [0, 0.05) is 36.7 Å². The average molecular weight is 273 g/mol. The zero-order chi connectivity index (χ0) is 13.3. The van der Waals surface area contributed by atoms with Crippen LogP contribution in [0.15, 0.2) is 6.07 Å². The molecule has 6 heteroatoms. The Labute approximate surface area is 110 Å². The quantitative estimate of drug-likeness (QED) is 0.897. The number of halogens is 2. The van der Waals surface area contributed by atoms with Crippen molar-refractivity contribution in [2.75, 3.05) is 36.1 Å². The predicted octanol–water partition coefficient (Wildman–Crippen LogP) is 2.73. The molecule has 0 radical (unpaired) electrons. The van der Waals surface area contributed by atoms with Gasteiger partial charge in [0.25, 0.3) is 0 Å². The van der Waals surface area contributed by atoms with E-state index in [1.807, 2.05) is 16.7 Å². The van der Waals surface area contributed by atoms with Crippen LogP contribution in [0.4, 0.5) is 20.4 Å². The molecule has 0 atom stereocenters. The normalized spacial score (nSPS) is 18.8. The van der Waals surface area contributed by atoms with Gasteiger partial charge in [-0.3, -0.25) is 0 Å². The van der Waals surface area contributed by atoms with Crippen LogP contribution in [0, 0.1) is 11.6 Å². The van der Waals surface area contributed by atoms with Crippen LogP contribution in [0.3, 0.4) is 0 Å². The third-order valence-corrected chi connectivity index (χ3v) is 4.17. The molecule has 1 N–H and O–H groups in total. The van der Waals surface area contributed by atoms with E-state index < -0.39 is 11.6 Å². The van der Waals surface area contributed by atoms with Crippen LogP contribution in [0.1, 0.15) is 13.8 Å². The Morgan fingerprint density at radius 3 is 2.72 bits per heavy atom. The van der Waals surface area contributed by atoms with Crippen LogP contribution in [-0.2, 0) is 0 Å². The molecule has 0 saturated carbocycles. The van der Waals surface area contributed by atoms with E-state index in [0.29, 0.717) is 6.54 Å². The first-order chi connectivity index (χ1) is 8.43. The monoisotopic (exact) mass is 273 g/mol. The maximum absolute atomic E-state index is 13.8. The number of nitrogens with one attached hydrogen (secondary N) is 1. The van der Waals surface area contributed by atoms with Crippen LogP contribution in [-0.4, -0.2) is 35.6 Å². The van der Waals surface area contributed by atoms with Gasteiger partial charge in [-0.2, -0.15) is 11.8 Å². The smallest absolute Gasteiger partial charge is 0.168 e. The number of anilines is 2. The van der Waals surface area contributed by atoms with E-state index in [9.17, 15) is 8.78 Å². The fraction of sp³-hybridized carbons (Fsp3) is 0.583. The van der Waals surface area contributed by atoms with E-state index in [-0.39, 0.29) is 16.4 Å². The van der Waals surface area contributed by atoms with Crippen molar-refractivity contribution >= 4 is 23.4 Å². The van der Waals surface area contributed by atoms with Gasteiger partial charge in [-0.15, -0.1) is 0 Å². The Morgan fingerprint density at radius 2 is 2.11 bits per heavy atom. The Balaban J connectivity index is 2.32. The molecule has 18 heavy (non-hydrogen) atoms. The van der Waals surface area contributed by atoms with Crippen LogP contribution >= 0.6 is 11.8 Å². The van der Waals surface area contributed by atoms with Gasteiger partial charge in [0.15, 0.2) is 23.3 Å². The second-order valence-electron chi connectivity index (χ2n) is 4.90. The van der Waals surface area contributed by atoms with E-state index >= 15 is 0 Å². The van der Waals surface area contributed by atoms with Gasteiger partial charge in [-0.25, -0.2) is 13.8 Å². The van der Waals surface area contributed by atoms with Crippen molar-refractivity contribution < 1.29 is 8.78 Å². The van der Waals surface area contributed by atoms with Gasteiger partial charge in [-0.1, -0.05) is 0 Å². The summed E-state index contributed by atoms with van der Waals surface area (Å²) in [6.07, 6.45) is 0. The lowest BCUT2D eigenvalue weighted by Gasteiger charge is -2.38. The summed E-state index contributed by atoms with van der Waals surface area (Å²) in [4.78, 5) is 5.92. The zero-order valence-electron chi connectivity index (χ0n) is 10.8. The highest BCUT2D eigenvalue weighted by Crippen LogP contribution is 2.33. The van der Waals surface area contributed by atoms with Crippen molar-refractivity contribution in [2.24, 2.45) is 0 Å². The largest absolute Gasteiger partial charge is 0.371 e. The maximum Gasteiger partial charge on any atom is 0.168 e. The summed E-state index contributed by atoms with van der Waals surface area (Å²) in [7, 11) is 1.57. The number of aromatic nitrogens is 1. The van der Waals surface area contributed by atoms with Crippen molar-refractivity contribution in [1.29, 1.82) is 0 Å². The molecule has 0 aliphatic carbocycles. The molecule has 1 aliphatic rings. The molecule has 1 fully saturated rings. The molecule has 100 valence electrons. The Bertz CT molecular complexity index is 451. The topological polar surface area (TPSA) is 28.2 Å². The van der Waals surface area contributed by atoms with Crippen LogP contribution in [0.5, 0.6) is 0 Å². The van der Waals surface area contributed by atoms with Crippen LogP contribution < -0.4 is 10.2 Å². The molecule has 0 aromatic carbocycles. The third kappa shape index (κ3) is 2.68. The molecule has 1 saturated heterocycles. The van der Waals surface area contributed by atoms with E-state index in [2.05, 4.69) is 24.1 Å². The molecule has 1 aromatic heterocycles. The van der Waals surface area contributed by atoms with Crippen molar-refractivity contribution in [3.63, 3.8) is 0 Å². The van der Waals surface area contributed by atoms with Crippen LogP contribution in [0.25, 0.3) is 0 Å². The van der Waals surface area contributed by atoms with Crippen molar-refractivity contribution in [3.8, 4) is 0 Å². The van der Waals surface area contributed by atoms with Crippen molar-refractivity contribution in [1.82, 2.24) is 4.98 Å². The van der Waals surface area contributed by atoms with Gasteiger partial charge in [-0.05, 0) is 13.8 Å². The van der Waals surface area contributed by atoms with Crippen molar-refractivity contribution in [3.05, 3.63) is 17.7 Å². The summed E-state index contributed by atoms with van der Waals surface area (Å²) in [6, 6.07) is 0.892. The maximum atomic E-state index is 13.8. The number of nitrogens with zero attached hydrogens (tertiary/aromatic N) is 2. The predicted molar refractivity (Wildman–Crippen MR) is 72.4 cm³/mol.